The summed E-state index contributed by atoms with van der Waals surface area (Å²) in [5.74, 6) is 0. The fourth-order valence-corrected chi connectivity index (χ4v) is 4.05. The number of hydrogen-bond acceptors (Lipinski definition) is 4. The molecule has 1 atom stereocenters. The summed E-state index contributed by atoms with van der Waals surface area (Å²) in [6, 6.07) is 9.13. The second-order valence-electron chi connectivity index (χ2n) is 4.71. The molecule has 7 heteroatoms. The first kappa shape index (κ1) is 16.5. The highest BCUT2D eigenvalue weighted by Gasteiger charge is 2.13. The van der Waals surface area contributed by atoms with Crippen LogP contribution in [0.4, 0.5) is 5.69 Å². The third-order valence-corrected chi connectivity index (χ3v) is 6.08. The number of rotatable bonds is 5. The molecule has 0 aliphatic rings. The Kier molecular flexibility index (Phi) is 5.08. The number of anilines is 1. The van der Waals surface area contributed by atoms with E-state index in [0.717, 1.165) is 12.1 Å². The normalized spacial score (nSPS) is 13.1. The van der Waals surface area contributed by atoms with E-state index in [-0.39, 0.29) is 10.9 Å². The quantitative estimate of drug-likeness (QED) is 0.815. The molecule has 0 saturated carbocycles. The highest BCUT2D eigenvalue weighted by atomic mass is 79.9. The molecule has 1 heterocycles. The van der Waals surface area contributed by atoms with Gasteiger partial charge in [0.15, 0.2) is 0 Å². The zero-order valence-electron chi connectivity index (χ0n) is 11.8. The molecule has 3 N–H and O–H groups in total. The molecule has 0 amide bonds. The largest absolute Gasteiger partial charge is 0.377 e. The van der Waals surface area contributed by atoms with Gasteiger partial charge in [0.25, 0.3) is 0 Å². The Morgan fingerprint density at radius 1 is 1.33 bits per heavy atom. The summed E-state index contributed by atoms with van der Waals surface area (Å²) in [7, 11) is -3.68. The van der Waals surface area contributed by atoms with Crippen molar-refractivity contribution in [2.45, 2.75) is 31.2 Å². The summed E-state index contributed by atoms with van der Waals surface area (Å²) >= 11 is 5.16. The Balaban J connectivity index is 2.19. The SMILES string of the molecule is CCc1ccc(C(C)Nc2ccc(S(N)(=O)=O)cc2Br)s1. The minimum Gasteiger partial charge on any atom is -0.377 e. The molecule has 0 saturated heterocycles. The topological polar surface area (TPSA) is 72.2 Å². The molecule has 0 aliphatic carbocycles. The van der Waals surface area contributed by atoms with Crippen molar-refractivity contribution in [3.63, 3.8) is 0 Å². The van der Waals surface area contributed by atoms with E-state index in [9.17, 15) is 8.42 Å². The van der Waals surface area contributed by atoms with Gasteiger partial charge in [-0.1, -0.05) is 6.92 Å². The average molecular weight is 389 g/mol. The van der Waals surface area contributed by atoms with Crippen molar-refractivity contribution in [3.05, 3.63) is 44.6 Å². The monoisotopic (exact) mass is 388 g/mol. The Morgan fingerprint density at radius 3 is 2.57 bits per heavy atom. The molecule has 1 unspecified atom stereocenters. The Bertz CT molecular complexity index is 741. The number of primary sulfonamides is 1. The highest BCUT2D eigenvalue weighted by Crippen LogP contribution is 2.31. The molecule has 0 radical (unpaired) electrons. The molecule has 21 heavy (non-hydrogen) atoms. The first-order valence-electron chi connectivity index (χ1n) is 6.48. The van der Waals surface area contributed by atoms with Gasteiger partial charge in [-0.05, 0) is 59.6 Å². The van der Waals surface area contributed by atoms with Gasteiger partial charge in [0, 0.05) is 19.9 Å². The standard InChI is InChI=1S/C14H17BrN2O2S2/c1-3-10-4-7-14(20-10)9(2)17-13-6-5-11(8-12(13)15)21(16,18)19/h4-9,17H,3H2,1-2H3,(H2,16,18,19). The van der Waals surface area contributed by atoms with Crippen molar-refractivity contribution >= 4 is 43.0 Å². The van der Waals surface area contributed by atoms with Crippen LogP contribution in [-0.2, 0) is 16.4 Å². The van der Waals surface area contributed by atoms with Crippen molar-refractivity contribution in [1.82, 2.24) is 0 Å². The zero-order valence-corrected chi connectivity index (χ0v) is 15.0. The number of halogens is 1. The lowest BCUT2D eigenvalue weighted by atomic mass is 10.2. The van der Waals surface area contributed by atoms with E-state index in [1.807, 2.05) is 0 Å². The van der Waals surface area contributed by atoms with Crippen LogP contribution in [0.3, 0.4) is 0 Å². The van der Waals surface area contributed by atoms with Crippen LogP contribution >= 0.6 is 27.3 Å². The van der Waals surface area contributed by atoms with Gasteiger partial charge in [-0.2, -0.15) is 0 Å². The minimum absolute atomic E-state index is 0.0944. The second-order valence-corrected chi connectivity index (χ2v) is 8.33. The lowest BCUT2D eigenvalue weighted by molar-refractivity contribution is 0.598. The zero-order chi connectivity index (χ0) is 15.6. The third-order valence-electron chi connectivity index (χ3n) is 3.10. The number of sulfonamides is 1. The van der Waals surface area contributed by atoms with Crippen LogP contribution in [0.25, 0.3) is 0 Å². The molecule has 0 fully saturated rings. The smallest absolute Gasteiger partial charge is 0.238 e. The van der Waals surface area contributed by atoms with Gasteiger partial charge in [0.05, 0.1) is 10.9 Å². The van der Waals surface area contributed by atoms with Crippen molar-refractivity contribution in [2.75, 3.05) is 5.32 Å². The molecule has 0 spiro atoms. The van der Waals surface area contributed by atoms with Crippen LogP contribution < -0.4 is 10.5 Å². The number of nitrogens with two attached hydrogens (primary N) is 1. The van der Waals surface area contributed by atoms with Crippen LogP contribution in [0.2, 0.25) is 0 Å². The van der Waals surface area contributed by atoms with E-state index in [1.165, 1.54) is 21.9 Å². The maximum atomic E-state index is 11.3. The summed E-state index contributed by atoms with van der Waals surface area (Å²) < 4.78 is 23.3. The van der Waals surface area contributed by atoms with Crippen molar-refractivity contribution in [2.24, 2.45) is 5.14 Å². The van der Waals surface area contributed by atoms with E-state index in [2.05, 4.69) is 47.2 Å². The number of hydrogen-bond donors (Lipinski definition) is 2. The van der Waals surface area contributed by atoms with Crippen molar-refractivity contribution in [3.8, 4) is 0 Å². The molecular weight excluding hydrogens is 372 g/mol. The lowest BCUT2D eigenvalue weighted by Gasteiger charge is -2.15. The van der Waals surface area contributed by atoms with E-state index >= 15 is 0 Å². The van der Waals surface area contributed by atoms with Gasteiger partial charge in [0.2, 0.25) is 10.0 Å². The predicted octanol–water partition coefficient (Wildman–Crippen LogP) is 3.89. The van der Waals surface area contributed by atoms with Crippen molar-refractivity contribution < 1.29 is 8.42 Å². The molecule has 0 aliphatic heterocycles. The Morgan fingerprint density at radius 2 is 2.05 bits per heavy atom. The summed E-state index contributed by atoms with van der Waals surface area (Å²) in [4.78, 5) is 2.69. The van der Waals surface area contributed by atoms with Crippen LogP contribution in [0.5, 0.6) is 0 Å². The van der Waals surface area contributed by atoms with E-state index in [0.29, 0.717) is 4.47 Å². The maximum Gasteiger partial charge on any atom is 0.238 e. The highest BCUT2D eigenvalue weighted by molar-refractivity contribution is 9.10. The molecule has 4 nitrogen and oxygen atoms in total. The van der Waals surface area contributed by atoms with Gasteiger partial charge in [-0.3, -0.25) is 0 Å². The molecule has 2 aromatic rings. The molecular formula is C14H17BrN2O2S2. The van der Waals surface area contributed by atoms with Gasteiger partial charge < -0.3 is 5.32 Å². The minimum atomic E-state index is -3.68. The molecule has 114 valence electrons. The van der Waals surface area contributed by atoms with Crippen LogP contribution in [0.15, 0.2) is 39.7 Å². The second kappa shape index (κ2) is 6.48. The summed E-state index contributed by atoms with van der Waals surface area (Å²) in [6.07, 6.45) is 1.03. The van der Waals surface area contributed by atoms with Gasteiger partial charge in [-0.15, -0.1) is 11.3 Å². The number of nitrogens with one attached hydrogen (secondary N) is 1. The van der Waals surface area contributed by atoms with E-state index < -0.39 is 10.0 Å². The van der Waals surface area contributed by atoms with E-state index in [1.54, 1.807) is 17.4 Å². The number of aryl methyl sites for hydroxylation is 1. The molecule has 1 aromatic carbocycles. The summed E-state index contributed by atoms with van der Waals surface area (Å²) in [5, 5.41) is 8.49. The summed E-state index contributed by atoms with van der Waals surface area (Å²) in [5.41, 5.74) is 0.835. The Labute approximate surface area is 137 Å². The van der Waals surface area contributed by atoms with Crippen LogP contribution in [0, 0.1) is 0 Å². The van der Waals surface area contributed by atoms with Gasteiger partial charge in [-0.25, -0.2) is 13.6 Å². The lowest BCUT2D eigenvalue weighted by Crippen LogP contribution is -2.12. The molecule has 2 rings (SSSR count). The van der Waals surface area contributed by atoms with Crippen molar-refractivity contribution in [1.29, 1.82) is 0 Å². The summed E-state index contributed by atoms with van der Waals surface area (Å²) in [6.45, 7) is 4.21. The average Bonchev–Trinajstić information content (AvgIpc) is 2.88. The number of thiophene rings is 1. The number of benzene rings is 1. The molecule has 1 aromatic heterocycles. The fourth-order valence-electron chi connectivity index (χ4n) is 1.91. The van der Waals surface area contributed by atoms with Gasteiger partial charge in [0.1, 0.15) is 0 Å². The third kappa shape index (κ3) is 4.06. The fraction of sp³-hybridized carbons (Fsp3) is 0.286. The first-order valence-corrected chi connectivity index (χ1v) is 9.64. The van der Waals surface area contributed by atoms with Gasteiger partial charge >= 0.3 is 0 Å². The van der Waals surface area contributed by atoms with Crippen LogP contribution in [-0.4, -0.2) is 8.42 Å². The molecule has 0 bridgehead atoms. The predicted molar refractivity (Wildman–Crippen MR) is 91.2 cm³/mol. The first-order chi connectivity index (χ1) is 9.81. The van der Waals surface area contributed by atoms with E-state index in [4.69, 9.17) is 5.14 Å². The maximum absolute atomic E-state index is 11.3. The Hall–Kier alpha value is -0.890. The van der Waals surface area contributed by atoms with Crippen LogP contribution in [0.1, 0.15) is 29.6 Å².